The minimum atomic E-state index is -3.59. The van der Waals surface area contributed by atoms with Gasteiger partial charge in [-0.3, -0.25) is 0 Å². The maximum atomic E-state index is 12.5. The van der Waals surface area contributed by atoms with Crippen LogP contribution in [0, 0.1) is 5.92 Å². The molecule has 0 saturated heterocycles. The second kappa shape index (κ2) is 5.03. The number of pyridine rings is 1. The molecule has 0 radical (unpaired) electrons. The summed E-state index contributed by atoms with van der Waals surface area (Å²) in [6.07, 6.45) is 3.72. The zero-order valence-electron chi connectivity index (χ0n) is 11.2. The predicted molar refractivity (Wildman–Crippen MR) is 78.6 cm³/mol. The van der Waals surface area contributed by atoms with Crippen molar-refractivity contribution in [1.29, 1.82) is 0 Å². The fourth-order valence-electron chi connectivity index (χ4n) is 2.10. The largest absolute Gasteiger partial charge is 0.372 e. The third kappa shape index (κ3) is 3.27. The van der Waals surface area contributed by atoms with Crippen LogP contribution in [0.15, 0.2) is 21.6 Å². The average Bonchev–Trinajstić information content (AvgIpc) is 3.11. The molecule has 0 spiro atoms. The molecule has 1 fully saturated rings. The van der Waals surface area contributed by atoms with Crippen LogP contribution in [0.4, 0.5) is 5.82 Å². The highest BCUT2D eigenvalue weighted by atomic mass is 79.9. The van der Waals surface area contributed by atoms with E-state index in [0.29, 0.717) is 16.2 Å². The molecular weight excluding hydrogens is 330 g/mol. The van der Waals surface area contributed by atoms with Gasteiger partial charge < -0.3 is 5.32 Å². The molecule has 1 aliphatic rings. The summed E-state index contributed by atoms with van der Waals surface area (Å²) < 4.78 is 28.4. The van der Waals surface area contributed by atoms with Crippen molar-refractivity contribution >= 4 is 31.8 Å². The summed E-state index contributed by atoms with van der Waals surface area (Å²) in [5, 5.41) is 2.81. The lowest BCUT2D eigenvalue weighted by Gasteiger charge is -2.26. The minimum absolute atomic E-state index is 0.165. The van der Waals surface area contributed by atoms with E-state index in [4.69, 9.17) is 0 Å². The molecule has 19 heavy (non-hydrogen) atoms. The Hall–Kier alpha value is -0.660. The van der Waals surface area contributed by atoms with Crippen LogP contribution in [-0.2, 0) is 10.0 Å². The molecule has 5 nitrogen and oxygen atoms in total. The van der Waals surface area contributed by atoms with Gasteiger partial charge in [-0.25, -0.2) is 18.1 Å². The van der Waals surface area contributed by atoms with Crippen LogP contribution >= 0.6 is 15.9 Å². The number of hydrogen-bond acceptors (Lipinski definition) is 4. The van der Waals surface area contributed by atoms with E-state index in [2.05, 4.69) is 31.0 Å². The van der Waals surface area contributed by atoms with E-state index in [9.17, 15) is 8.42 Å². The number of nitrogens with one attached hydrogen (secondary N) is 2. The number of sulfonamides is 1. The smallest absolute Gasteiger partial charge is 0.244 e. The Morgan fingerprint density at radius 3 is 2.58 bits per heavy atom. The van der Waals surface area contributed by atoms with Crippen molar-refractivity contribution in [3.05, 3.63) is 16.7 Å². The number of hydrogen-bond donors (Lipinski definition) is 2. The van der Waals surface area contributed by atoms with Crippen LogP contribution in [0.1, 0.15) is 26.7 Å². The van der Waals surface area contributed by atoms with E-state index in [1.54, 1.807) is 19.3 Å². The second-order valence-corrected chi connectivity index (χ2v) is 7.92. The number of halogens is 1. The minimum Gasteiger partial charge on any atom is -0.372 e. The molecule has 1 aliphatic carbocycles. The zero-order valence-corrected chi connectivity index (χ0v) is 13.6. The van der Waals surface area contributed by atoms with Crippen LogP contribution in [0.5, 0.6) is 0 Å². The van der Waals surface area contributed by atoms with Gasteiger partial charge >= 0.3 is 0 Å². The van der Waals surface area contributed by atoms with Crippen LogP contribution in [0.2, 0.25) is 0 Å². The molecular formula is C12H18BrN3O2S. The molecule has 2 N–H and O–H groups in total. The first kappa shape index (κ1) is 14.7. The summed E-state index contributed by atoms with van der Waals surface area (Å²) in [5.74, 6) is 0.766. The Bertz CT molecular complexity index is 583. The third-order valence-electron chi connectivity index (χ3n) is 3.34. The highest BCUT2D eigenvalue weighted by Gasteiger charge is 2.41. The molecule has 0 atom stereocenters. The summed E-state index contributed by atoms with van der Waals surface area (Å²) in [4.78, 5) is 4.24. The van der Waals surface area contributed by atoms with Gasteiger partial charge in [-0.15, -0.1) is 0 Å². The number of rotatable bonds is 5. The molecule has 0 aliphatic heterocycles. The third-order valence-corrected chi connectivity index (χ3v) is 5.46. The van der Waals surface area contributed by atoms with Crippen LogP contribution in [-0.4, -0.2) is 26.0 Å². The normalized spacial score (nSPS) is 16.4. The summed E-state index contributed by atoms with van der Waals surface area (Å²) >= 11 is 3.26. The van der Waals surface area contributed by atoms with Gasteiger partial charge in [0.25, 0.3) is 0 Å². The lowest BCUT2D eigenvalue weighted by molar-refractivity contribution is 0.400. The van der Waals surface area contributed by atoms with E-state index in [0.717, 1.165) is 12.8 Å². The molecule has 0 bridgehead atoms. The summed E-state index contributed by atoms with van der Waals surface area (Å²) in [6.45, 7) is 3.85. The molecule has 7 heteroatoms. The number of aromatic nitrogens is 1. The first-order valence-electron chi connectivity index (χ1n) is 6.13. The van der Waals surface area contributed by atoms with Gasteiger partial charge in [0.2, 0.25) is 10.0 Å². The van der Waals surface area contributed by atoms with Gasteiger partial charge in [0.05, 0.1) is 0 Å². The maximum absolute atomic E-state index is 12.5. The Balaban J connectivity index is 2.36. The van der Waals surface area contributed by atoms with Crippen molar-refractivity contribution < 1.29 is 8.42 Å². The summed E-state index contributed by atoms with van der Waals surface area (Å²) in [6, 6.07) is 1.56. The first-order valence-corrected chi connectivity index (χ1v) is 8.41. The Morgan fingerprint density at radius 2 is 2.05 bits per heavy atom. The van der Waals surface area contributed by atoms with Crippen LogP contribution in [0.25, 0.3) is 0 Å². The fourth-order valence-corrected chi connectivity index (χ4v) is 4.25. The fraction of sp³-hybridized carbons (Fsp3) is 0.583. The predicted octanol–water partition coefficient (Wildman–Crippen LogP) is 2.35. The SMILES string of the molecule is CNc1ncc(Br)cc1S(=O)(=O)NC(C)(C)C1CC1. The highest BCUT2D eigenvalue weighted by Crippen LogP contribution is 2.40. The number of anilines is 1. The molecule has 1 heterocycles. The molecule has 0 amide bonds. The van der Waals surface area contributed by atoms with Gasteiger partial charge in [-0.05, 0) is 54.6 Å². The number of nitrogens with zero attached hydrogens (tertiary/aromatic N) is 1. The zero-order chi connectivity index (χ0) is 14.3. The average molecular weight is 348 g/mol. The van der Waals surface area contributed by atoms with Gasteiger partial charge in [0.1, 0.15) is 10.7 Å². The van der Waals surface area contributed by atoms with Crippen molar-refractivity contribution in [2.24, 2.45) is 5.92 Å². The van der Waals surface area contributed by atoms with E-state index in [1.807, 2.05) is 13.8 Å². The van der Waals surface area contributed by atoms with Gasteiger partial charge in [-0.2, -0.15) is 0 Å². The second-order valence-electron chi connectivity index (χ2n) is 5.35. The Kier molecular flexibility index (Phi) is 3.90. The topological polar surface area (TPSA) is 71.1 Å². The van der Waals surface area contributed by atoms with Crippen molar-refractivity contribution in [2.45, 2.75) is 37.1 Å². The standard InChI is InChI=1S/C12H18BrN3O2S/c1-12(2,8-4-5-8)16-19(17,18)10-6-9(13)7-15-11(10)14-3/h6-8,16H,4-5H2,1-3H3,(H,14,15). The molecule has 1 saturated carbocycles. The van der Waals surface area contributed by atoms with E-state index in [1.165, 1.54) is 0 Å². The van der Waals surface area contributed by atoms with Crippen molar-refractivity contribution in [3.63, 3.8) is 0 Å². The van der Waals surface area contributed by atoms with Crippen LogP contribution < -0.4 is 10.0 Å². The van der Waals surface area contributed by atoms with Gasteiger partial charge in [0.15, 0.2) is 0 Å². The molecule has 1 aromatic heterocycles. The molecule has 2 rings (SSSR count). The van der Waals surface area contributed by atoms with Crippen molar-refractivity contribution in [1.82, 2.24) is 9.71 Å². The van der Waals surface area contributed by atoms with E-state index < -0.39 is 15.6 Å². The van der Waals surface area contributed by atoms with Gasteiger partial charge in [-0.1, -0.05) is 0 Å². The Labute approximate surface area is 122 Å². The highest BCUT2D eigenvalue weighted by molar-refractivity contribution is 9.10. The molecule has 106 valence electrons. The van der Waals surface area contributed by atoms with E-state index >= 15 is 0 Å². The van der Waals surface area contributed by atoms with E-state index in [-0.39, 0.29) is 4.90 Å². The summed E-state index contributed by atoms with van der Waals surface area (Å²) in [5.41, 5.74) is -0.424. The maximum Gasteiger partial charge on any atom is 0.244 e. The summed E-state index contributed by atoms with van der Waals surface area (Å²) in [7, 11) is -1.94. The first-order chi connectivity index (χ1) is 8.76. The van der Waals surface area contributed by atoms with Crippen molar-refractivity contribution in [3.8, 4) is 0 Å². The quantitative estimate of drug-likeness (QED) is 0.857. The van der Waals surface area contributed by atoms with Crippen LogP contribution in [0.3, 0.4) is 0 Å². The lowest BCUT2D eigenvalue weighted by Crippen LogP contribution is -2.45. The molecule has 0 unspecified atom stereocenters. The molecule has 1 aromatic rings. The monoisotopic (exact) mass is 347 g/mol. The van der Waals surface area contributed by atoms with Crippen molar-refractivity contribution in [2.75, 3.05) is 12.4 Å². The lowest BCUT2D eigenvalue weighted by atomic mass is 10.0. The molecule has 0 aromatic carbocycles. The van der Waals surface area contributed by atoms with Gasteiger partial charge in [0, 0.05) is 23.3 Å². The Morgan fingerprint density at radius 1 is 1.42 bits per heavy atom.